The summed E-state index contributed by atoms with van der Waals surface area (Å²) in [4.78, 5) is 14.9. The van der Waals surface area contributed by atoms with Crippen molar-refractivity contribution in [3.05, 3.63) is 57.3 Å². The molecule has 2 nitrogen and oxygen atoms in total. The van der Waals surface area contributed by atoms with E-state index in [4.69, 9.17) is 0 Å². The number of rotatable bonds is 8. The molecule has 1 aliphatic carbocycles. The molecule has 1 aliphatic rings. The van der Waals surface area contributed by atoms with Gasteiger partial charge in [0.2, 0.25) is 0 Å². The number of unbranched alkanes of at least 4 members (excludes halogenated alkanes) is 2. The Kier molecular flexibility index (Phi) is 6.66. The lowest BCUT2D eigenvalue weighted by Crippen LogP contribution is -2.10. The highest BCUT2D eigenvalue weighted by Crippen LogP contribution is 2.46. The van der Waals surface area contributed by atoms with Crippen LogP contribution in [0, 0.1) is 0 Å². The molecule has 0 radical (unpaired) electrons. The molecule has 0 spiro atoms. The summed E-state index contributed by atoms with van der Waals surface area (Å²) in [6, 6.07) is 12.8. The SMILES string of the molecule is CCCCCC(O)c1ccc(C2CCC(=O)C2c2ccc(CC)cc2)s1. The van der Waals surface area contributed by atoms with E-state index in [1.165, 1.54) is 23.3 Å². The van der Waals surface area contributed by atoms with Gasteiger partial charge in [-0.15, -0.1) is 11.3 Å². The van der Waals surface area contributed by atoms with Crippen molar-refractivity contribution in [2.24, 2.45) is 0 Å². The van der Waals surface area contributed by atoms with Gasteiger partial charge in [0.25, 0.3) is 0 Å². The van der Waals surface area contributed by atoms with Crippen molar-refractivity contribution >= 4 is 17.1 Å². The molecule has 3 unspecified atom stereocenters. The third-order valence-electron chi connectivity index (χ3n) is 5.62. The van der Waals surface area contributed by atoms with Crippen molar-refractivity contribution in [3.63, 3.8) is 0 Å². The average molecular weight is 371 g/mol. The molecule has 0 amide bonds. The number of carbonyl (C=O) groups excluding carboxylic acids is 1. The quantitative estimate of drug-likeness (QED) is 0.565. The highest BCUT2D eigenvalue weighted by Gasteiger charge is 2.37. The first-order chi connectivity index (χ1) is 12.6. The van der Waals surface area contributed by atoms with Crippen LogP contribution in [0.5, 0.6) is 0 Å². The smallest absolute Gasteiger partial charge is 0.141 e. The molecule has 3 heteroatoms. The Balaban J connectivity index is 1.76. The van der Waals surface area contributed by atoms with E-state index in [2.05, 4.69) is 50.2 Å². The van der Waals surface area contributed by atoms with E-state index in [1.54, 1.807) is 11.3 Å². The third kappa shape index (κ3) is 4.27. The fourth-order valence-corrected chi connectivity index (χ4v) is 5.21. The van der Waals surface area contributed by atoms with E-state index in [0.717, 1.165) is 36.1 Å². The second kappa shape index (κ2) is 8.96. The fraction of sp³-hybridized carbons (Fsp3) is 0.522. The van der Waals surface area contributed by atoms with E-state index in [0.29, 0.717) is 12.2 Å². The van der Waals surface area contributed by atoms with E-state index >= 15 is 0 Å². The van der Waals surface area contributed by atoms with Crippen LogP contribution in [0.25, 0.3) is 0 Å². The van der Waals surface area contributed by atoms with Crippen LogP contribution >= 0.6 is 11.3 Å². The van der Waals surface area contributed by atoms with Crippen LogP contribution in [-0.4, -0.2) is 10.9 Å². The van der Waals surface area contributed by atoms with Gasteiger partial charge < -0.3 is 5.11 Å². The lowest BCUT2D eigenvalue weighted by atomic mass is 9.87. The van der Waals surface area contributed by atoms with Crippen LogP contribution in [0.1, 0.15) is 91.2 Å². The molecule has 1 aromatic heterocycles. The predicted molar refractivity (Wildman–Crippen MR) is 109 cm³/mol. The van der Waals surface area contributed by atoms with E-state index < -0.39 is 0 Å². The van der Waals surface area contributed by atoms with Gasteiger partial charge in [0, 0.05) is 22.1 Å². The first-order valence-corrected chi connectivity index (χ1v) is 10.8. The summed E-state index contributed by atoms with van der Waals surface area (Å²) in [5.41, 5.74) is 2.46. The Bertz CT molecular complexity index is 716. The zero-order valence-corrected chi connectivity index (χ0v) is 16.7. The van der Waals surface area contributed by atoms with Crippen molar-refractivity contribution < 1.29 is 9.90 Å². The minimum absolute atomic E-state index is 0.0235. The van der Waals surface area contributed by atoms with E-state index in [-0.39, 0.29) is 17.9 Å². The van der Waals surface area contributed by atoms with Gasteiger partial charge in [-0.2, -0.15) is 0 Å². The molecule has 1 fully saturated rings. The Labute approximate surface area is 161 Å². The van der Waals surface area contributed by atoms with E-state index in [9.17, 15) is 9.90 Å². The maximum absolute atomic E-state index is 12.6. The van der Waals surface area contributed by atoms with Crippen LogP contribution < -0.4 is 0 Å². The molecule has 0 bridgehead atoms. The second-order valence-corrected chi connectivity index (χ2v) is 8.58. The van der Waals surface area contributed by atoms with Crippen molar-refractivity contribution in [1.82, 2.24) is 0 Å². The maximum Gasteiger partial charge on any atom is 0.141 e. The van der Waals surface area contributed by atoms with Gasteiger partial charge in [-0.1, -0.05) is 57.4 Å². The number of ketones is 1. The van der Waals surface area contributed by atoms with Crippen LogP contribution in [0.15, 0.2) is 36.4 Å². The van der Waals surface area contributed by atoms with Gasteiger partial charge in [0.05, 0.1) is 12.0 Å². The molecule has 140 valence electrons. The molecule has 0 saturated heterocycles. The topological polar surface area (TPSA) is 37.3 Å². The molecular weight excluding hydrogens is 340 g/mol. The van der Waals surface area contributed by atoms with Gasteiger partial charge in [-0.05, 0) is 42.5 Å². The third-order valence-corrected chi connectivity index (χ3v) is 6.94. The van der Waals surface area contributed by atoms with Crippen LogP contribution in [-0.2, 0) is 11.2 Å². The minimum Gasteiger partial charge on any atom is -0.388 e. The van der Waals surface area contributed by atoms with Gasteiger partial charge in [-0.25, -0.2) is 0 Å². The number of benzene rings is 1. The summed E-state index contributed by atoms with van der Waals surface area (Å²) in [5, 5.41) is 10.4. The van der Waals surface area contributed by atoms with Gasteiger partial charge >= 0.3 is 0 Å². The average Bonchev–Trinajstić information content (AvgIpc) is 3.29. The number of hydrogen-bond acceptors (Lipinski definition) is 3. The Hall–Kier alpha value is -1.45. The number of hydrogen-bond donors (Lipinski definition) is 1. The van der Waals surface area contributed by atoms with Gasteiger partial charge in [0.15, 0.2) is 0 Å². The monoisotopic (exact) mass is 370 g/mol. The normalized spacial score (nSPS) is 21.3. The molecule has 1 saturated carbocycles. The lowest BCUT2D eigenvalue weighted by Gasteiger charge is -2.18. The van der Waals surface area contributed by atoms with Crippen LogP contribution in [0.3, 0.4) is 0 Å². The fourth-order valence-electron chi connectivity index (χ4n) is 4.01. The molecule has 1 aromatic carbocycles. The number of aliphatic hydroxyl groups is 1. The van der Waals surface area contributed by atoms with Crippen LogP contribution in [0.4, 0.5) is 0 Å². The molecular formula is C23H30O2S. The first-order valence-electron chi connectivity index (χ1n) is 10.0. The number of thiophene rings is 1. The van der Waals surface area contributed by atoms with E-state index in [1.807, 2.05) is 0 Å². The van der Waals surface area contributed by atoms with Crippen molar-refractivity contribution in [2.75, 3.05) is 0 Å². The molecule has 3 atom stereocenters. The summed E-state index contributed by atoms with van der Waals surface area (Å²) < 4.78 is 0. The Morgan fingerprint density at radius 2 is 1.88 bits per heavy atom. The Morgan fingerprint density at radius 3 is 2.58 bits per heavy atom. The highest BCUT2D eigenvalue weighted by atomic mass is 32.1. The highest BCUT2D eigenvalue weighted by molar-refractivity contribution is 7.12. The number of carbonyl (C=O) groups is 1. The number of aryl methyl sites for hydroxylation is 1. The number of aliphatic hydroxyl groups excluding tert-OH is 1. The molecule has 3 rings (SSSR count). The number of Topliss-reactive ketones (excluding diaryl/α,β-unsaturated/α-hetero) is 1. The van der Waals surface area contributed by atoms with Gasteiger partial charge in [0.1, 0.15) is 5.78 Å². The predicted octanol–water partition coefficient (Wildman–Crippen LogP) is 6.15. The largest absolute Gasteiger partial charge is 0.388 e. The standard InChI is InChI=1S/C23H30O2S/c1-3-5-6-7-19(24)22-15-14-21(26-22)18-12-13-20(25)23(18)17-10-8-16(4-2)9-11-17/h8-11,14-15,18-19,23-24H,3-7,12-13H2,1-2H3. The lowest BCUT2D eigenvalue weighted by molar-refractivity contribution is -0.118. The summed E-state index contributed by atoms with van der Waals surface area (Å²) in [6.45, 7) is 4.33. The maximum atomic E-state index is 12.6. The molecule has 1 N–H and O–H groups in total. The molecule has 2 aromatic rings. The molecule has 26 heavy (non-hydrogen) atoms. The zero-order chi connectivity index (χ0) is 18.5. The summed E-state index contributed by atoms with van der Waals surface area (Å²) in [5.74, 6) is 0.596. The summed E-state index contributed by atoms with van der Waals surface area (Å²) in [6.07, 6.45) is 6.49. The van der Waals surface area contributed by atoms with Crippen LogP contribution in [0.2, 0.25) is 0 Å². The van der Waals surface area contributed by atoms with Crippen molar-refractivity contribution in [1.29, 1.82) is 0 Å². The zero-order valence-electron chi connectivity index (χ0n) is 15.9. The minimum atomic E-state index is -0.361. The second-order valence-electron chi connectivity index (χ2n) is 7.44. The summed E-state index contributed by atoms with van der Waals surface area (Å²) >= 11 is 1.70. The Morgan fingerprint density at radius 1 is 1.12 bits per heavy atom. The summed E-state index contributed by atoms with van der Waals surface area (Å²) in [7, 11) is 0. The molecule has 1 heterocycles. The van der Waals surface area contributed by atoms with Crippen molar-refractivity contribution in [2.45, 2.75) is 76.7 Å². The molecule has 0 aliphatic heterocycles. The first kappa shape index (κ1) is 19.3. The van der Waals surface area contributed by atoms with Gasteiger partial charge in [-0.3, -0.25) is 4.79 Å². The van der Waals surface area contributed by atoms with Crippen molar-refractivity contribution in [3.8, 4) is 0 Å².